The van der Waals surface area contributed by atoms with E-state index in [0.29, 0.717) is 6.42 Å². The van der Waals surface area contributed by atoms with Crippen molar-refractivity contribution >= 4 is 17.3 Å². The maximum Gasteiger partial charge on any atom is 0.228 e. The van der Waals surface area contributed by atoms with Crippen LogP contribution in [0.2, 0.25) is 0 Å². The molecule has 0 spiro atoms. The number of piperazine rings is 1. The Kier molecular flexibility index (Phi) is 6.78. The Hall–Kier alpha value is -3.11. The summed E-state index contributed by atoms with van der Waals surface area (Å²) in [4.78, 5) is 17.3. The van der Waals surface area contributed by atoms with Gasteiger partial charge in [0.05, 0.1) is 6.42 Å². The van der Waals surface area contributed by atoms with Crippen LogP contribution in [-0.2, 0) is 17.6 Å². The van der Waals surface area contributed by atoms with Crippen LogP contribution < -0.4 is 10.2 Å². The van der Waals surface area contributed by atoms with Gasteiger partial charge in [0.1, 0.15) is 0 Å². The Morgan fingerprint density at radius 2 is 1.43 bits per heavy atom. The number of nitrogens with one attached hydrogen (secondary N) is 1. The minimum Gasteiger partial charge on any atom is -0.369 e. The molecule has 0 aromatic heterocycles. The predicted molar refractivity (Wildman–Crippen MR) is 124 cm³/mol. The molecule has 154 valence electrons. The molecule has 0 unspecified atom stereocenters. The SMILES string of the molecule is O=C(Cc1ccccc1)Nc1cccc(CCN2CCN(c3ccccc3)CC2)c1. The number of para-hydroxylation sites is 1. The summed E-state index contributed by atoms with van der Waals surface area (Å²) < 4.78 is 0. The lowest BCUT2D eigenvalue weighted by Crippen LogP contribution is -2.46. The molecule has 1 amide bonds. The summed E-state index contributed by atoms with van der Waals surface area (Å²) in [6, 6.07) is 28.7. The van der Waals surface area contributed by atoms with E-state index < -0.39 is 0 Å². The van der Waals surface area contributed by atoms with Gasteiger partial charge in [-0.3, -0.25) is 9.69 Å². The maximum atomic E-state index is 12.3. The molecule has 0 radical (unpaired) electrons. The summed E-state index contributed by atoms with van der Waals surface area (Å²) in [5, 5.41) is 3.03. The van der Waals surface area contributed by atoms with Gasteiger partial charge in [0, 0.05) is 44.1 Å². The summed E-state index contributed by atoms with van der Waals surface area (Å²) >= 11 is 0. The fourth-order valence-corrected chi connectivity index (χ4v) is 3.95. The van der Waals surface area contributed by atoms with Gasteiger partial charge in [-0.25, -0.2) is 0 Å². The molecule has 4 heteroatoms. The second-order valence-corrected chi connectivity index (χ2v) is 7.83. The molecular weight excluding hydrogens is 370 g/mol. The molecule has 0 bridgehead atoms. The van der Waals surface area contributed by atoms with Crippen molar-refractivity contribution in [3.63, 3.8) is 0 Å². The van der Waals surface area contributed by atoms with Crippen molar-refractivity contribution in [3.8, 4) is 0 Å². The van der Waals surface area contributed by atoms with Gasteiger partial charge in [-0.05, 0) is 41.8 Å². The van der Waals surface area contributed by atoms with Gasteiger partial charge in [-0.15, -0.1) is 0 Å². The van der Waals surface area contributed by atoms with Crippen LogP contribution in [0.25, 0.3) is 0 Å². The first-order valence-corrected chi connectivity index (χ1v) is 10.7. The van der Waals surface area contributed by atoms with Crippen molar-refractivity contribution in [2.24, 2.45) is 0 Å². The van der Waals surface area contributed by atoms with Crippen molar-refractivity contribution < 1.29 is 4.79 Å². The van der Waals surface area contributed by atoms with Crippen LogP contribution in [0.1, 0.15) is 11.1 Å². The number of nitrogens with zero attached hydrogens (tertiary/aromatic N) is 2. The van der Waals surface area contributed by atoms with Crippen LogP contribution >= 0.6 is 0 Å². The summed E-state index contributed by atoms with van der Waals surface area (Å²) in [6.07, 6.45) is 1.39. The molecule has 1 saturated heterocycles. The smallest absolute Gasteiger partial charge is 0.228 e. The van der Waals surface area contributed by atoms with Gasteiger partial charge in [0.2, 0.25) is 5.91 Å². The molecular formula is C26H29N3O. The minimum atomic E-state index is 0.0235. The second kappa shape index (κ2) is 10.1. The highest BCUT2D eigenvalue weighted by atomic mass is 16.1. The fourth-order valence-electron chi connectivity index (χ4n) is 3.95. The molecule has 3 aromatic carbocycles. The van der Waals surface area contributed by atoms with Crippen molar-refractivity contribution in [2.75, 3.05) is 42.9 Å². The van der Waals surface area contributed by atoms with E-state index in [1.807, 2.05) is 42.5 Å². The number of carbonyl (C=O) groups is 1. The van der Waals surface area contributed by atoms with Gasteiger partial charge < -0.3 is 10.2 Å². The van der Waals surface area contributed by atoms with Gasteiger partial charge in [-0.2, -0.15) is 0 Å². The van der Waals surface area contributed by atoms with Crippen molar-refractivity contribution in [3.05, 3.63) is 96.1 Å². The number of anilines is 2. The van der Waals surface area contributed by atoms with E-state index in [4.69, 9.17) is 0 Å². The average Bonchev–Trinajstić information content (AvgIpc) is 2.79. The molecule has 1 fully saturated rings. The molecule has 0 atom stereocenters. The van der Waals surface area contributed by atoms with E-state index >= 15 is 0 Å². The predicted octanol–water partition coefficient (Wildman–Crippen LogP) is 4.23. The van der Waals surface area contributed by atoms with Crippen molar-refractivity contribution in [2.45, 2.75) is 12.8 Å². The van der Waals surface area contributed by atoms with E-state index in [0.717, 1.165) is 50.4 Å². The molecule has 1 N–H and O–H groups in total. The van der Waals surface area contributed by atoms with Crippen LogP contribution in [0.15, 0.2) is 84.9 Å². The molecule has 4 nitrogen and oxygen atoms in total. The summed E-state index contributed by atoms with van der Waals surface area (Å²) in [5.41, 5.74) is 4.48. The zero-order valence-corrected chi connectivity index (χ0v) is 17.3. The van der Waals surface area contributed by atoms with Crippen LogP contribution in [0, 0.1) is 0 Å². The lowest BCUT2D eigenvalue weighted by atomic mass is 10.1. The summed E-state index contributed by atoms with van der Waals surface area (Å²) in [6.45, 7) is 5.36. The molecule has 0 aliphatic carbocycles. The third kappa shape index (κ3) is 5.71. The monoisotopic (exact) mass is 399 g/mol. The lowest BCUT2D eigenvalue weighted by Gasteiger charge is -2.36. The van der Waals surface area contributed by atoms with Crippen LogP contribution in [0.4, 0.5) is 11.4 Å². The van der Waals surface area contributed by atoms with Gasteiger partial charge in [0.15, 0.2) is 0 Å². The third-order valence-corrected chi connectivity index (χ3v) is 5.63. The summed E-state index contributed by atoms with van der Waals surface area (Å²) in [7, 11) is 0. The maximum absolute atomic E-state index is 12.3. The highest BCUT2D eigenvalue weighted by Crippen LogP contribution is 2.17. The highest BCUT2D eigenvalue weighted by molar-refractivity contribution is 5.92. The molecule has 4 rings (SSSR count). The molecule has 30 heavy (non-hydrogen) atoms. The fraction of sp³-hybridized carbons (Fsp3) is 0.269. The number of hydrogen-bond donors (Lipinski definition) is 1. The van der Waals surface area contributed by atoms with E-state index in [1.54, 1.807) is 0 Å². The zero-order valence-electron chi connectivity index (χ0n) is 17.3. The third-order valence-electron chi connectivity index (χ3n) is 5.63. The summed E-state index contributed by atoms with van der Waals surface area (Å²) in [5.74, 6) is 0.0235. The number of rotatable bonds is 7. The molecule has 1 heterocycles. The van der Waals surface area contributed by atoms with Crippen LogP contribution in [0.3, 0.4) is 0 Å². The van der Waals surface area contributed by atoms with E-state index in [1.165, 1.54) is 11.3 Å². The Labute approximate surface area is 179 Å². The second-order valence-electron chi connectivity index (χ2n) is 7.83. The minimum absolute atomic E-state index is 0.0235. The first-order valence-electron chi connectivity index (χ1n) is 10.7. The number of hydrogen-bond acceptors (Lipinski definition) is 3. The zero-order chi connectivity index (χ0) is 20.6. The quantitative estimate of drug-likeness (QED) is 0.646. The molecule has 0 saturated carbocycles. The largest absolute Gasteiger partial charge is 0.369 e. The van der Waals surface area contributed by atoms with E-state index in [-0.39, 0.29) is 5.91 Å². The van der Waals surface area contributed by atoms with Gasteiger partial charge in [-0.1, -0.05) is 60.7 Å². The van der Waals surface area contributed by atoms with Crippen LogP contribution in [-0.4, -0.2) is 43.5 Å². The average molecular weight is 400 g/mol. The van der Waals surface area contributed by atoms with Crippen molar-refractivity contribution in [1.29, 1.82) is 0 Å². The van der Waals surface area contributed by atoms with Gasteiger partial charge >= 0.3 is 0 Å². The first-order chi connectivity index (χ1) is 14.8. The Morgan fingerprint density at radius 3 is 2.17 bits per heavy atom. The topological polar surface area (TPSA) is 35.6 Å². The molecule has 1 aliphatic heterocycles. The number of carbonyl (C=O) groups excluding carboxylic acids is 1. The number of benzene rings is 3. The standard InChI is InChI=1S/C26H29N3O/c30-26(21-22-8-3-1-4-9-22)27-24-11-7-10-23(20-24)14-15-28-16-18-29(19-17-28)25-12-5-2-6-13-25/h1-13,20H,14-19,21H2,(H,27,30). The van der Waals surface area contributed by atoms with E-state index in [9.17, 15) is 4.79 Å². The highest BCUT2D eigenvalue weighted by Gasteiger charge is 2.16. The molecule has 1 aliphatic rings. The Bertz CT molecular complexity index is 935. The lowest BCUT2D eigenvalue weighted by molar-refractivity contribution is -0.115. The Morgan fingerprint density at radius 1 is 0.767 bits per heavy atom. The van der Waals surface area contributed by atoms with E-state index in [2.05, 4.69) is 57.6 Å². The first kappa shape index (κ1) is 20.2. The normalized spacial score (nSPS) is 14.5. The van der Waals surface area contributed by atoms with Gasteiger partial charge in [0.25, 0.3) is 0 Å². The number of amides is 1. The van der Waals surface area contributed by atoms with Crippen LogP contribution in [0.5, 0.6) is 0 Å². The molecule has 3 aromatic rings. The Balaban J connectivity index is 1.24. The van der Waals surface area contributed by atoms with Crippen molar-refractivity contribution in [1.82, 2.24) is 4.90 Å².